The van der Waals surface area contributed by atoms with Gasteiger partial charge in [0.2, 0.25) is 5.91 Å². The summed E-state index contributed by atoms with van der Waals surface area (Å²) in [7, 11) is 0. The summed E-state index contributed by atoms with van der Waals surface area (Å²) < 4.78 is 0. The summed E-state index contributed by atoms with van der Waals surface area (Å²) in [5.41, 5.74) is 2.35. The van der Waals surface area contributed by atoms with Gasteiger partial charge in [-0.15, -0.1) is 0 Å². The van der Waals surface area contributed by atoms with Crippen LogP contribution in [-0.4, -0.2) is 30.4 Å². The van der Waals surface area contributed by atoms with Crippen LogP contribution >= 0.6 is 0 Å². The molecule has 1 atom stereocenters. The van der Waals surface area contributed by atoms with E-state index in [1.54, 1.807) is 30.3 Å². The van der Waals surface area contributed by atoms with Crippen molar-refractivity contribution >= 4 is 17.8 Å². The number of nitrogens with one attached hydrogen (secondary N) is 2. The Morgan fingerprint density at radius 1 is 1.00 bits per heavy atom. The first-order valence-corrected chi connectivity index (χ1v) is 7.84. The Morgan fingerprint density at radius 3 is 2.24 bits per heavy atom. The molecular weight excluding hydrogens is 320 g/mol. The number of carbonyl (C=O) groups is 3. The summed E-state index contributed by atoms with van der Waals surface area (Å²) in [4.78, 5) is 35.1. The van der Waals surface area contributed by atoms with Crippen LogP contribution in [0.4, 0.5) is 0 Å². The molecule has 0 unspecified atom stereocenters. The van der Waals surface area contributed by atoms with Gasteiger partial charge in [0.25, 0.3) is 5.91 Å². The molecule has 0 radical (unpaired) electrons. The topological polar surface area (TPSA) is 98.3 Å². The zero-order valence-corrected chi connectivity index (χ0v) is 13.8. The third kappa shape index (κ3) is 5.76. The molecule has 0 saturated heterocycles. The average Bonchev–Trinajstić information content (AvgIpc) is 2.61. The molecule has 0 aromatic heterocycles. The third-order valence-electron chi connectivity index (χ3n) is 3.63. The van der Waals surface area contributed by atoms with Crippen molar-refractivity contribution in [3.63, 3.8) is 0 Å². The van der Waals surface area contributed by atoms with Gasteiger partial charge in [-0.3, -0.25) is 9.59 Å². The number of carboxylic acid groups (broad SMARTS) is 1. The third-order valence-corrected chi connectivity index (χ3v) is 3.63. The highest BCUT2D eigenvalue weighted by atomic mass is 16.4. The van der Waals surface area contributed by atoms with Crippen LogP contribution in [0.2, 0.25) is 0 Å². The highest BCUT2D eigenvalue weighted by Crippen LogP contribution is 2.08. The molecule has 2 aromatic carbocycles. The van der Waals surface area contributed by atoms with Crippen LogP contribution in [0.3, 0.4) is 0 Å². The molecule has 0 saturated carbocycles. The molecule has 6 nitrogen and oxygen atoms in total. The molecule has 2 N–H and O–H groups in total. The van der Waals surface area contributed by atoms with E-state index in [1.807, 2.05) is 31.2 Å². The van der Waals surface area contributed by atoms with E-state index in [1.165, 1.54) is 0 Å². The number of amides is 2. The Kier molecular flexibility index (Phi) is 6.28. The van der Waals surface area contributed by atoms with Crippen LogP contribution < -0.4 is 15.7 Å². The Hall–Kier alpha value is -3.15. The van der Waals surface area contributed by atoms with E-state index in [2.05, 4.69) is 10.6 Å². The Bertz CT molecular complexity index is 742. The van der Waals surface area contributed by atoms with E-state index < -0.39 is 30.4 Å². The van der Waals surface area contributed by atoms with Crippen molar-refractivity contribution in [1.29, 1.82) is 0 Å². The maximum absolute atomic E-state index is 12.3. The van der Waals surface area contributed by atoms with E-state index in [4.69, 9.17) is 0 Å². The molecule has 0 aliphatic carbocycles. The SMILES string of the molecule is Cc1ccc(C[C@@H](NC(=O)c2ccccc2)C(=O)NCC(=O)[O-])cc1. The van der Waals surface area contributed by atoms with Crippen LogP contribution in [0.15, 0.2) is 54.6 Å². The minimum Gasteiger partial charge on any atom is -0.548 e. The van der Waals surface area contributed by atoms with E-state index in [0.717, 1.165) is 11.1 Å². The highest BCUT2D eigenvalue weighted by Gasteiger charge is 2.21. The van der Waals surface area contributed by atoms with Crippen LogP contribution in [0, 0.1) is 6.92 Å². The summed E-state index contributed by atoms with van der Waals surface area (Å²) in [6, 6.07) is 15.2. The molecular formula is C19H19N2O4-. The molecule has 25 heavy (non-hydrogen) atoms. The fourth-order valence-corrected chi connectivity index (χ4v) is 2.28. The lowest BCUT2D eigenvalue weighted by atomic mass is 10.0. The van der Waals surface area contributed by atoms with Crippen LogP contribution in [0.25, 0.3) is 0 Å². The standard InChI is InChI=1S/C19H20N2O4/c1-13-7-9-14(10-8-13)11-16(19(25)20-12-17(22)23)21-18(24)15-5-3-2-4-6-15/h2-10,16H,11-12H2,1H3,(H,20,25)(H,21,24)(H,22,23)/p-1/t16-/m1/s1. The van der Waals surface area contributed by atoms with Gasteiger partial charge in [-0.1, -0.05) is 48.0 Å². The van der Waals surface area contributed by atoms with Crippen molar-refractivity contribution in [2.75, 3.05) is 6.54 Å². The molecule has 2 rings (SSSR count). The van der Waals surface area contributed by atoms with E-state index in [9.17, 15) is 19.5 Å². The second-order valence-electron chi connectivity index (χ2n) is 5.67. The first-order chi connectivity index (χ1) is 12.0. The minimum absolute atomic E-state index is 0.248. The van der Waals surface area contributed by atoms with Crippen molar-refractivity contribution in [2.24, 2.45) is 0 Å². The number of carboxylic acids is 1. The van der Waals surface area contributed by atoms with Gasteiger partial charge >= 0.3 is 0 Å². The Balaban J connectivity index is 2.12. The second kappa shape index (κ2) is 8.63. The number of aliphatic carboxylic acids is 1. The Labute approximate surface area is 145 Å². The van der Waals surface area contributed by atoms with E-state index in [-0.39, 0.29) is 6.42 Å². The van der Waals surface area contributed by atoms with E-state index in [0.29, 0.717) is 5.56 Å². The van der Waals surface area contributed by atoms with Gasteiger partial charge in [0.15, 0.2) is 0 Å². The van der Waals surface area contributed by atoms with Crippen LogP contribution in [0.1, 0.15) is 21.5 Å². The lowest BCUT2D eigenvalue weighted by molar-refractivity contribution is -0.304. The lowest BCUT2D eigenvalue weighted by Crippen LogP contribution is -2.50. The summed E-state index contributed by atoms with van der Waals surface area (Å²) >= 11 is 0. The molecule has 130 valence electrons. The van der Waals surface area contributed by atoms with Gasteiger partial charge in [-0.2, -0.15) is 0 Å². The van der Waals surface area contributed by atoms with Gasteiger partial charge in [-0.25, -0.2) is 0 Å². The normalized spacial score (nSPS) is 11.4. The summed E-state index contributed by atoms with van der Waals surface area (Å²) in [5.74, 6) is -2.37. The minimum atomic E-state index is -1.39. The number of rotatable bonds is 7. The molecule has 2 amide bonds. The van der Waals surface area contributed by atoms with Crippen molar-refractivity contribution in [3.8, 4) is 0 Å². The van der Waals surface area contributed by atoms with Gasteiger partial charge in [-0.05, 0) is 24.6 Å². The lowest BCUT2D eigenvalue weighted by Gasteiger charge is -2.19. The quantitative estimate of drug-likeness (QED) is 0.753. The van der Waals surface area contributed by atoms with Crippen molar-refractivity contribution in [1.82, 2.24) is 10.6 Å². The van der Waals surface area contributed by atoms with Gasteiger partial charge < -0.3 is 20.5 Å². The fourth-order valence-electron chi connectivity index (χ4n) is 2.28. The molecule has 0 spiro atoms. The molecule has 2 aromatic rings. The molecule has 0 heterocycles. The molecule has 0 bridgehead atoms. The fraction of sp³-hybridized carbons (Fsp3) is 0.211. The molecule has 0 aliphatic rings. The van der Waals surface area contributed by atoms with Crippen molar-refractivity contribution in [3.05, 3.63) is 71.3 Å². The maximum Gasteiger partial charge on any atom is 0.251 e. The number of hydrogen-bond donors (Lipinski definition) is 2. The molecule has 0 aliphatic heterocycles. The van der Waals surface area contributed by atoms with Crippen molar-refractivity contribution in [2.45, 2.75) is 19.4 Å². The van der Waals surface area contributed by atoms with Gasteiger partial charge in [0, 0.05) is 12.0 Å². The maximum atomic E-state index is 12.3. The monoisotopic (exact) mass is 339 g/mol. The summed E-state index contributed by atoms with van der Waals surface area (Å²) in [6.07, 6.45) is 0.248. The van der Waals surface area contributed by atoms with Crippen molar-refractivity contribution < 1.29 is 19.5 Å². The zero-order valence-electron chi connectivity index (χ0n) is 13.8. The number of benzene rings is 2. The largest absolute Gasteiger partial charge is 0.548 e. The smallest absolute Gasteiger partial charge is 0.251 e. The predicted molar refractivity (Wildman–Crippen MR) is 90.6 cm³/mol. The first-order valence-electron chi connectivity index (χ1n) is 7.84. The predicted octanol–water partition coefficient (Wildman–Crippen LogP) is 0.202. The summed E-state index contributed by atoms with van der Waals surface area (Å²) in [6.45, 7) is 1.34. The molecule has 6 heteroatoms. The van der Waals surface area contributed by atoms with E-state index >= 15 is 0 Å². The number of aryl methyl sites for hydroxylation is 1. The molecule has 0 fully saturated rings. The average molecular weight is 339 g/mol. The highest BCUT2D eigenvalue weighted by molar-refractivity contribution is 5.97. The number of carbonyl (C=O) groups excluding carboxylic acids is 3. The first kappa shape index (κ1) is 18.2. The van der Waals surface area contributed by atoms with Crippen LogP contribution in [-0.2, 0) is 16.0 Å². The van der Waals surface area contributed by atoms with Gasteiger partial charge in [0.1, 0.15) is 6.04 Å². The zero-order chi connectivity index (χ0) is 18.2. The summed E-state index contributed by atoms with van der Waals surface area (Å²) in [5, 5.41) is 15.5. The number of hydrogen-bond acceptors (Lipinski definition) is 4. The van der Waals surface area contributed by atoms with Crippen LogP contribution in [0.5, 0.6) is 0 Å². The van der Waals surface area contributed by atoms with Gasteiger partial charge in [0.05, 0.1) is 12.5 Å². The Morgan fingerprint density at radius 2 is 1.64 bits per heavy atom. The second-order valence-corrected chi connectivity index (χ2v) is 5.67.